The summed E-state index contributed by atoms with van der Waals surface area (Å²) >= 11 is 7.41. The van der Waals surface area contributed by atoms with Crippen LogP contribution in [0.5, 0.6) is 0 Å². The standard InChI is InChI=1S/C22H25IN4O2S/c1-2-5-20(28)27-14-12-26(13-15-27)17-10-8-16(9-11-17)24-22(30)25-21(29)18-6-3-4-7-19(18)23/h3-4,6-11H,2,5,12-15H2,1H3,(H2,24,25,29,30). The molecule has 0 bridgehead atoms. The number of hydrogen-bond donors (Lipinski definition) is 2. The van der Waals surface area contributed by atoms with Gasteiger partial charge in [-0.05, 0) is 77.6 Å². The van der Waals surface area contributed by atoms with Gasteiger partial charge in [0.1, 0.15) is 0 Å². The van der Waals surface area contributed by atoms with E-state index in [2.05, 4.69) is 38.1 Å². The maximum absolute atomic E-state index is 12.4. The maximum Gasteiger partial charge on any atom is 0.258 e. The summed E-state index contributed by atoms with van der Waals surface area (Å²) in [7, 11) is 0. The number of amides is 2. The van der Waals surface area contributed by atoms with Crippen LogP contribution in [0.4, 0.5) is 11.4 Å². The Morgan fingerprint density at radius 2 is 1.70 bits per heavy atom. The third-order valence-electron chi connectivity index (χ3n) is 4.93. The van der Waals surface area contributed by atoms with E-state index < -0.39 is 0 Å². The van der Waals surface area contributed by atoms with Crippen LogP contribution >= 0.6 is 34.8 Å². The van der Waals surface area contributed by atoms with Gasteiger partial charge in [0, 0.05) is 47.5 Å². The fourth-order valence-corrected chi connectivity index (χ4v) is 4.16. The van der Waals surface area contributed by atoms with Gasteiger partial charge >= 0.3 is 0 Å². The Morgan fingerprint density at radius 3 is 2.33 bits per heavy atom. The lowest BCUT2D eigenvalue weighted by Crippen LogP contribution is -2.48. The van der Waals surface area contributed by atoms with Crippen molar-refractivity contribution in [3.05, 3.63) is 57.7 Å². The average molecular weight is 536 g/mol. The highest BCUT2D eigenvalue weighted by Gasteiger charge is 2.20. The van der Waals surface area contributed by atoms with Crippen LogP contribution in [0.1, 0.15) is 30.1 Å². The quantitative estimate of drug-likeness (QED) is 0.449. The molecule has 1 aliphatic heterocycles. The van der Waals surface area contributed by atoms with Crippen molar-refractivity contribution < 1.29 is 9.59 Å². The number of rotatable bonds is 5. The summed E-state index contributed by atoms with van der Waals surface area (Å²) in [6, 6.07) is 15.3. The SMILES string of the molecule is CCCC(=O)N1CCN(c2ccc(NC(=S)NC(=O)c3ccccc3I)cc2)CC1. The number of hydrogen-bond acceptors (Lipinski definition) is 4. The van der Waals surface area contributed by atoms with E-state index in [9.17, 15) is 9.59 Å². The molecule has 0 spiro atoms. The molecule has 0 unspecified atom stereocenters. The highest BCUT2D eigenvalue weighted by Crippen LogP contribution is 2.20. The summed E-state index contributed by atoms with van der Waals surface area (Å²) in [5, 5.41) is 6.03. The van der Waals surface area contributed by atoms with Gasteiger partial charge in [-0.25, -0.2) is 0 Å². The van der Waals surface area contributed by atoms with Crippen molar-refractivity contribution in [3.63, 3.8) is 0 Å². The summed E-state index contributed by atoms with van der Waals surface area (Å²) in [5.41, 5.74) is 2.51. The molecule has 1 fully saturated rings. The second-order valence-electron chi connectivity index (χ2n) is 7.05. The number of anilines is 2. The Hall–Kier alpha value is -2.20. The van der Waals surface area contributed by atoms with Gasteiger partial charge in [0.05, 0.1) is 5.56 Å². The van der Waals surface area contributed by atoms with E-state index in [1.165, 1.54) is 0 Å². The molecule has 2 aromatic rings. The predicted molar refractivity (Wildman–Crippen MR) is 133 cm³/mol. The molecule has 0 radical (unpaired) electrons. The molecule has 2 N–H and O–H groups in total. The Balaban J connectivity index is 1.51. The number of piperazine rings is 1. The number of halogens is 1. The first-order chi connectivity index (χ1) is 14.5. The first kappa shape index (κ1) is 22.5. The molecule has 0 atom stereocenters. The van der Waals surface area contributed by atoms with E-state index in [0.717, 1.165) is 47.5 Å². The second kappa shape index (κ2) is 10.7. The van der Waals surface area contributed by atoms with Gasteiger partial charge < -0.3 is 15.1 Å². The highest BCUT2D eigenvalue weighted by molar-refractivity contribution is 14.1. The Kier molecular flexibility index (Phi) is 8.03. The zero-order valence-electron chi connectivity index (χ0n) is 16.9. The van der Waals surface area contributed by atoms with Gasteiger partial charge in [0.2, 0.25) is 5.91 Å². The molecular formula is C22H25IN4O2S. The number of benzene rings is 2. The Morgan fingerprint density at radius 1 is 1.03 bits per heavy atom. The molecule has 2 aromatic carbocycles. The fourth-order valence-electron chi connectivity index (χ4n) is 3.32. The molecule has 3 rings (SSSR count). The van der Waals surface area contributed by atoms with Crippen molar-refractivity contribution in [2.24, 2.45) is 0 Å². The van der Waals surface area contributed by atoms with E-state index in [-0.39, 0.29) is 16.9 Å². The normalized spacial score (nSPS) is 13.7. The van der Waals surface area contributed by atoms with E-state index >= 15 is 0 Å². The zero-order chi connectivity index (χ0) is 21.5. The monoisotopic (exact) mass is 536 g/mol. The molecular weight excluding hydrogens is 511 g/mol. The molecule has 1 aliphatic rings. The van der Waals surface area contributed by atoms with Crippen molar-refractivity contribution >= 4 is 63.1 Å². The molecule has 158 valence electrons. The third-order valence-corrected chi connectivity index (χ3v) is 6.08. The highest BCUT2D eigenvalue weighted by atomic mass is 127. The van der Waals surface area contributed by atoms with Gasteiger partial charge in [-0.15, -0.1) is 0 Å². The molecule has 2 amide bonds. The first-order valence-corrected chi connectivity index (χ1v) is 11.5. The second-order valence-corrected chi connectivity index (χ2v) is 8.62. The first-order valence-electron chi connectivity index (χ1n) is 9.97. The number of carbonyl (C=O) groups is 2. The third kappa shape index (κ3) is 5.91. The van der Waals surface area contributed by atoms with E-state index in [1.54, 1.807) is 6.07 Å². The Labute approximate surface area is 196 Å². The number of carbonyl (C=O) groups excluding carboxylic acids is 2. The van der Waals surface area contributed by atoms with E-state index in [1.807, 2.05) is 54.3 Å². The zero-order valence-corrected chi connectivity index (χ0v) is 19.8. The van der Waals surface area contributed by atoms with Gasteiger partial charge in [-0.1, -0.05) is 19.1 Å². The summed E-state index contributed by atoms with van der Waals surface area (Å²) in [6.45, 7) is 5.20. The molecule has 6 nitrogen and oxygen atoms in total. The minimum absolute atomic E-state index is 0.232. The molecule has 1 saturated heterocycles. The minimum atomic E-state index is -0.232. The van der Waals surface area contributed by atoms with Crippen LogP contribution in [-0.2, 0) is 4.79 Å². The molecule has 30 heavy (non-hydrogen) atoms. The lowest BCUT2D eigenvalue weighted by atomic mass is 10.2. The summed E-state index contributed by atoms with van der Waals surface area (Å²) in [6.07, 6.45) is 1.51. The van der Waals surface area contributed by atoms with Gasteiger partial charge in [0.15, 0.2) is 5.11 Å². The number of thiocarbonyl (C=S) groups is 1. The van der Waals surface area contributed by atoms with Crippen molar-refractivity contribution in [2.45, 2.75) is 19.8 Å². The summed E-state index contributed by atoms with van der Waals surface area (Å²) in [5.74, 6) is 0.0158. The average Bonchev–Trinajstić information content (AvgIpc) is 2.75. The van der Waals surface area contributed by atoms with Crippen LogP contribution in [0.15, 0.2) is 48.5 Å². The Bertz CT molecular complexity index is 912. The molecule has 0 aliphatic carbocycles. The van der Waals surface area contributed by atoms with Crippen molar-refractivity contribution in [2.75, 3.05) is 36.4 Å². The predicted octanol–water partition coefficient (Wildman–Crippen LogP) is 3.87. The van der Waals surface area contributed by atoms with Crippen molar-refractivity contribution in [3.8, 4) is 0 Å². The molecule has 0 aromatic heterocycles. The summed E-state index contributed by atoms with van der Waals surface area (Å²) < 4.78 is 0.872. The topological polar surface area (TPSA) is 64.7 Å². The van der Waals surface area contributed by atoms with Crippen LogP contribution in [-0.4, -0.2) is 48.0 Å². The molecule has 0 saturated carbocycles. The number of nitrogens with one attached hydrogen (secondary N) is 2. The fraction of sp³-hybridized carbons (Fsp3) is 0.318. The molecule has 8 heteroatoms. The molecule has 1 heterocycles. The van der Waals surface area contributed by atoms with Gasteiger partial charge in [-0.2, -0.15) is 0 Å². The smallest absolute Gasteiger partial charge is 0.258 e. The van der Waals surface area contributed by atoms with Crippen LogP contribution in [0.3, 0.4) is 0 Å². The van der Waals surface area contributed by atoms with Crippen molar-refractivity contribution in [1.82, 2.24) is 10.2 Å². The lowest BCUT2D eigenvalue weighted by Gasteiger charge is -2.36. The van der Waals surface area contributed by atoms with Crippen LogP contribution in [0.2, 0.25) is 0 Å². The van der Waals surface area contributed by atoms with Crippen LogP contribution in [0, 0.1) is 3.57 Å². The summed E-state index contributed by atoms with van der Waals surface area (Å²) in [4.78, 5) is 28.6. The largest absolute Gasteiger partial charge is 0.368 e. The van der Waals surface area contributed by atoms with Gasteiger partial charge in [0.25, 0.3) is 5.91 Å². The maximum atomic E-state index is 12.4. The number of nitrogens with zero attached hydrogens (tertiary/aromatic N) is 2. The van der Waals surface area contributed by atoms with Gasteiger partial charge in [-0.3, -0.25) is 14.9 Å². The van der Waals surface area contributed by atoms with Crippen LogP contribution in [0.25, 0.3) is 0 Å². The van der Waals surface area contributed by atoms with E-state index in [4.69, 9.17) is 12.2 Å². The lowest BCUT2D eigenvalue weighted by molar-refractivity contribution is -0.131. The van der Waals surface area contributed by atoms with Crippen LogP contribution < -0.4 is 15.5 Å². The van der Waals surface area contributed by atoms with E-state index in [0.29, 0.717) is 12.0 Å². The minimum Gasteiger partial charge on any atom is -0.368 e. The van der Waals surface area contributed by atoms with Crippen molar-refractivity contribution in [1.29, 1.82) is 0 Å².